The largest absolute Gasteiger partial charge is 0.508 e. The van der Waals surface area contributed by atoms with Crippen molar-refractivity contribution in [3.63, 3.8) is 0 Å². The molecule has 0 aliphatic carbocycles. The van der Waals surface area contributed by atoms with Crippen molar-refractivity contribution in [2.24, 2.45) is 5.29 Å². The van der Waals surface area contributed by atoms with Crippen LogP contribution in [0.5, 0.6) is 5.75 Å². The second-order valence-corrected chi connectivity index (χ2v) is 5.49. The average molecular weight is 357 g/mol. The van der Waals surface area contributed by atoms with Gasteiger partial charge in [0.05, 0.1) is 18.1 Å². The third kappa shape index (κ3) is 5.30. The number of methoxy groups -OCH3 is 1. The molecule has 8 heteroatoms. The number of aromatic hydroxyl groups is 1. The molecule has 26 heavy (non-hydrogen) atoms. The number of hydrogen-bond donors (Lipinski definition) is 2. The summed E-state index contributed by atoms with van der Waals surface area (Å²) in [4.78, 5) is 35.3. The third-order valence-corrected chi connectivity index (χ3v) is 3.64. The van der Waals surface area contributed by atoms with Crippen molar-refractivity contribution in [2.75, 3.05) is 18.7 Å². The molecular formula is C18H19N3O5. The zero-order valence-corrected chi connectivity index (χ0v) is 14.2. The van der Waals surface area contributed by atoms with Crippen LogP contribution in [0.15, 0.2) is 59.9 Å². The minimum atomic E-state index is -0.886. The first kappa shape index (κ1) is 18.9. The summed E-state index contributed by atoms with van der Waals surface area (Å²) in [6, 6.07) is 13.9. The number of hydrogen-bond acceptors (Lipinski definition) is 6. The number of phenolic OH excluding ortho intramolecular Hbond substituents is 1. The first-order valence-corrected chi connectivity index (χ1v) is 7.84. The maximum atomic E-state index is 12.3. The van der Waals surface area contributed by atoms with Crippen molar-refractivity contribution in [3.8, 4) is 5.75 Å². The molecule has 0 aliphatic heterocycles. The number of phenols is 1. The first-order valence-electron chi connectivity index (χ1n) is 7.84. The van der Waals surface area contributed by atoms with Gasteiger partial charge in [0, 0.05) is 6.42 Å². The Hall–Kier alpha value is -3.42. The normalized spacial score (nSPS) is 11.3. The highest BCUT2D eigenvalue weighted by molar-refractivity contribution is 5.87. The van der Waals surface area contributed by atoms with E-state index in [0.717, 1.165) is 10.6 Å². The molecule has 0 saturated carbocycles. The second kappa shape index (κ2) is 9.16. The summed E-state index contributed by atoms with van der Waals surface area (Å²) < 4.78 is 4.73. The van der Waals surface area contributed by atoms with Crippen LogP contribution in [0.3, 0.4) is 0 Å². The maximum absolute atomic E-state index is 12.3. The van der Waals surface area contributed by atoms with Crippen molar-refractivity contribution in [1.82, 2.24) is 5.32 Å². The molecule has 1 amide bonds. The molecule has 0 radical (unpaired) electrons. The van der Waals surface area contributed by atoms with Gasteiger partial charge in [-0.2, -0.15) is 0 Å². The van der Waals surface area contributed by atoms with Crippen LogP contribution in [-0.2, 0) is 20.7 Å². The first-order chi connectivity index (χ1) is 12.5. The molecular weight excluding hydrogens is 338 g/mol. The average Bonchev–Trinajstić information content (AvgIpc) is 2.66. The van der Waals surface area contributed by atoms with Gasteiger partial charge in [0.1, 0.15) is 18.3 Å². The molecule has 1 atom stereocenters. The highest BCUT2D eigenvalue weighted by Gasteiger charge is 2.23. The van der Waals surface area contributed by atoms with Crippen molar-refractivity contribution in [2.45, 2.75) is 12.5 Å². The van der Waals surface area contributed by atoms with Gasteiger partial charge in [-0.05, 0) is 29.8 Å². The van der Waals surface area contributed by atoms with E-state index < -0.39 is 17.9 Å². The van der Waals surface area contributed by atoms with E-state index in [0.29, 0.717) is 5.69 Å². The number of amides is 1. The number of carbonyl (C=O) groups excluding carboxylic acids is 2. The topological polar surface area (TPSA) is 108 Å². The molecule has 2 aromatic carbocycles. The number of benzene rings is 2. The predicted molar refractivity (Wildman–Crippen MR) is 95.3 cm³/mol. The van der Waals surface area contributed by atoms with Gasteiger partial charge in [0.25, 0.3) is 0 Å². The Kier molecular flexibility index (Phi) is 6.67. The summed E-state index contributed by atoms with van der Waals surface area (Å²) in [5, 5.41) is 15.6. The van der Waals surface area contributed by atoms with E-state index >= 15 is 0 Å². The van der Waals surface area contributed by atoms with Crippen LogP contribution in [0.4, 0.5) is 5.69 Å². The smallest absolute Gasteiger partial charge is 0.328 e. The lowest BCUT2D eigenvalue weighted by Gasteiger charge is -2.19. The molecule has 136 valence electrons. The Labute approximate surface area is 150 Å². The van der Waals surface area contributed by atoms with Gasteiger partial charge >= 0.3 is 5.97 Å². The monoisotopic (exact) mass is 357 g/mol. The van der Waals surface area contributed by atoms with Gasteiger partial charge in [-0.3, -0.25) is 4.79 Å². The summed E-state index contributed by atoms with van der Waals surface area (Å²) in [5.41, 5.74) is 1.19. The Morgan fingerprint density at radius 3 is 2.38 bits per heavy atom. The van der Waals surface area contributed by atoms with E-state index in [1.807, 2.05) is 30.3 Å². The lowest BCUT2D eigenvalue weighted by atomic mass is 10.1. The van der Waals surface area contributed by atoms with Crippen LogP contribution < -0.4 is 10.3 Å². The van der Waals surface area contributed by atoms with Crippen LogP contribution in [0.2, 0.25) is 0 Å². The van der Waals surface area contributed by atoms with Crippen molar-refractivity contribution in [1.29, 1.82) is 0 Å². The fourth-order valence-corrected chi connectivity index (χ4v) is 2.35. The van der Waals surface area contributed by atoms with Gasteiger partial charge in [-0.1, -0.05) is 30.3 Å². The predicted octanol–water partition coefficient (Wildman–Crippen LogP) is 1.78. The van der Waals surface area contributed by atoms with Gasteiger partial charge < -0.3 is 15.2 Å². The molecule has 0 fully saturated rings. The van der Waals surface area contributed by atoms with Gasteiger partial charge in [0.2, 0.25) is 5.91 Å². The summed E-state index contributed by atoms with van der Waals surface area (Å²) >= 11 is 0. The molecule has 0 bridgehead atoms. The Balaban J connectivity index is 2.04. The SMILES string of the molecule is COC(=O)[C@H](Cc1ccccc1)NC(=O)CN(N=O)c1ccc(O)cc1. The van der Waals surface area contributed by atoms with Crippen LogP contribution in [0.1, 0.15) is 5.56 Å². The summed E-state index contributed by atoms with van der Waals surface area (Å²) in [6.45, 7) is -0.378. The van der Waals surface area contributed by atoms with E-state index in [4.69, 9.17) is 4.74 Å². The minimum Gasteiger partial charge on any atom is -0.508 e. The Morgan fingerprint density at radius 2 is 1.81 bits per heavy atom. The molecule has 0 unspecified atom stereocenters. The van der Waals surface area contributed by atoms with Crippen molar-refractivity contribution < 1.29 is 19.4 Å². The summed E-state index contributed by atoms with van der Waals surface area (Å²) in [7, 11) is 1.24. The quantitative estimate of drug-likeness (QED) is 0.423. The fourth-order valence-electron chi connectivity index (χ4n) is 2.35. The molecule has 0 spiro atoms. The summed E-state index contributed by atoms with van der Waals surface area (Å²) in [6.07, 6.45) is 0.257. The van der Waals surface area contributed by atoms with Crippen molar-refractivity contribution >= 4 is 17.6 Å². The zero-order chi connectivity index (χ0) is 18.9. The van der Waals surface area contributed by atoms with E-state index in [2.05, 4.69) is 10.6 Å². The molecule has 2 rings (SSSR count). The van der Waals surface area contributed by atoms with Gasteiger partial charge in [-0.25, -0.2) is 9.80 Å². The number of nitrogens with zero attached hydrogens (tertiary/aromatic N) is 2. The molecule has 0 saturated heterocycles. The van der Waals surface area contributed by atoms with E-state index in [-0.39, 0.29) is 18.7 Å². The molecule has 0 aromatic heterocycles. The zero-order valence-electron chi connectivity index (χ0n) is 14.2. The van der Waals surface area contributed by atoms with E-state index in [1.54, 1.807) is 0 Å². The molecule has 0 heterocycles. The van der Waals surface area contributed by atoms with E-state index in [1.165, 1.54) is 31.4 Å². The standard InChI is InChI=1S/C18H19N3O5/c1-26-18(24)16(11-13-5-3-2-4-6-13)19-17(23)12-21(20-25)14-7-9-15(22)10-8-14/h2-10,16,22H,11-12H2,1H3,(H,19,23)/t16-/m0/s1. The lowest BCUT2D eigenvalue weighted by molar-refractivity contribution is -0.144. The van der Waals surface area contributed by atoms with Gasteiger partial charge in [0.15, 0.2) is 0 Å². The fraction of sp³-hybridized carbons (Fsp3) is 0.222. The van der Waals surface area contributed by atoms with Crippen LogP contribution in [-0.4, -0.2) is 36.7 Å². The van der Waals surface area contributed by atoms with E-state index in [9.17, 15) is 19.6 Å². The highest BCUT2D eigenvalue weighted by atomic mass is 16.5. The summed E-state index contributed by atoms with van der Waals surface area (Å²) in [5.74, 6) is -1.13. The highest BCUT2D eigenvalue weighted by Crippen LogP contribution is 2.18. The minimum absolute atomic E-state index is 0.0256. The third-order valence-electron chi connectivity index (χ3n) is 3.64. The second-order valence-electron chi connectivity index (χ2n) is 5.49. The molecule has 2 aromatic rings. The van der Waals surface area contributed by atoms with Gasteiger partial charge in [-0.15, -0.1) is 4.91 Å². The van der Waals surface area contributed by atoms with Crippen molar-refractivity contribution in [3.05, 3.63) is 65.1 Å². The van der Waals surface area contributed by atoms with Crippen LogP contribution in [0, 0.1) is 4.91 Å². The number of nitroso groups, excluding NO2 is 1. The maximum Gasteiger partial charge on any atom is 0.328 e. The van der Waals surface area contributed by atoms with Crippen LogP contribution >= 0.6 is 0 Å². The molecule has 0 aliphatic rings. The Bertz CT molecular complexity index is 749. The molecule has 8 nitrogen and oxygen atoms in total. The number of carbonyl (C=O) groups is 2. The molecule has 2 N–H and O–H groups in total. The number of ether oxygens (including phenoxy) is 1. The lowest BCUT2D eigenvalue weighted by Crippen LogP contribution is -2.46. The number of anilines is 1. The number of esters is 1. The number of rotatable bonds is 8. The van der Waals surface area contributed by atoms with Crippen LogP contribution in [0.25, 0.3) is 0 Å². The Morgan fingerprint density at radius 1 is 1.15 bits per heavy atom. The number of nitrogens with one attached hydrogen (secondary N) is 1.